The maximum Gasteiger partial charge on any atom is 0.145 e. The van der Waals surface area contributed by atoms with Gasteiger partial charge in [0, 0.05) is 30.6 Å². The molecular formula is C23H18N2O. The molecule has 0 atom stereocenters. The van der Waals surface area contributed by atoms with E-state index >= 15 is 0 Å². The van der Waals surface area contributed by atoms with E-state index in [1.54, 1.807) is 18.6 Å². The molecule has 26 heavy (non-hydrogen) atoms. The van der Waals surface area contributed by atoms with E-state index in [-0.39, 0.29) is 5.75 Å². The SMILES string of the molecule is Oc1c(-c2cccc(-c3ccccc3)c2)ccnc1Cc1cccnc1. The highest BCUT2D eigenvalue weighted by Crippen LogP contribution is 2.34. The Bertz CT molecular complexity index is 1010. The summed E-state index contributed by atoms with van der Waals surface area (Å²) < 4.78 is 0. The van der Waals surface area contributed by atoms with Gasteiger partial charge in [-0.1, -0.05) is 54.6 Å². The van der Waals surface area contributed by atoms with Crippen LogP contribution < -0.4 is 0 Å². The van der Waals surface area contributed by atoms with Crippen LogP contribution in [0.1, 0.15) is 11.3 Å². The molecule has 0 fully saturated rings. The second kappa shape index (κ2) is 7.19. The van der Waals surface area contributed by atoms with Crippen molar-refractivity contribution in [3.05, 3.63) is 103 Å². The molecule has 0 aliphatic rings. The molecule has 0 saturated heterocycles. The number of hydrogen-bond acceptors (Lipinski definition) is 3. The predicted octanol–water partition coefficient (Wildman–Crippen LogP) is 5.11. The van der Waals surface area contributed by atoms with Gasteiger partial charge in [-0.15, -0.1) is 0 Å². The minimum Gasteiger partial charge on any atom is -0.505 e. The van der Waals surface area contributed by atoms with Gasteiger partial charge in [0.25, 0.3) is 0 Å². The summed E-state index contributed by atoms with van der Waals surface area (Å²) in [5.74, 6) is 0.224. The molecule has 0 radical (unpaired) electrons. The van der Waals surface area contributed by atoms with E-state index in [0.717, 1.165) is 27.8 Å². The van der Waals surface area contributed by atoms with Crippen LogP contribution in [0.2, 0.25) is 0 Å². The zero-order chi connectivity index (χ0) is 17.8. The zero-order valence-corrected chi connectivity index (χ0v) is 14.2. The van der Waals surface area contributed by atoms with Crippen molar-refractivity contribution in [3.63, 3.8) is 0 Å². The number of hydrogen-bond donors (Lipinski definition) is 1. The van der Waals surface area contributed by atoms with Gasteiger partial charge in [-0.05, 0) is 40.5 Å². The van der Waals surface area contributed by atoms with Gasteiger partial charge in [0.15, 0.2) is 0 Å². The number of aromatic nitrogens is 2. The number of rotatable bonds is 4. The molecule has 0 unspecified atom stereocenters. The first-order valence-corrected chi connectivity index (χ1v) is 8.53. The molecule has 0 aliphatic carbocycles. The maximum absolute atomic E-state index is 10.8. The van der Waals surface area contributed by atoms with Crippen LogP contribution in [-0.4, -0.2) is 15.1 Å². The van der Waals surface area contributed by atoms with E-state index in [1.165, 1.54) is 0 Å². The van der Waals surface area contributed by atoms with E-state index in [4.69, 9.17) is 0 Å². The summed E-state index contributed by atoms with van der Waals surface area (Å²) in [5, 5.41) is 10.8. The van der Waals surface area contributed by atoms with Crippen molar-refractivity contribution in [2.45, 2.75) is 6.42 Å². The Morgan fingerprint density at radius 2 is 1.54 bits per heavy atom. The third-order valence-electron chi connectivity index (χ3n) is 4.38. The van der Waals surface area contributed by atoms with Gasteiger partial charge < -0.3 is 5.11 Å². The van der Waals surface area contributed by atoms with Crippen LogP contribution in [0.5, 0.6) is 5.75 Å². The second-order valence-corrected chi connectivity index (χ2v) is 6.14. The minimum atomic E-state index is 0.224. The van der Waals surface area contributed by atoms with Crippen LogP contribution in [-0.2, 0) is 6.42 Å². The Morgan fingerprint density at radius 3 is 2.35 bits per heavy atom. The lowest BCUT2D eigenvalue weighted by molar-refractivity contribution is 0.467. The van der Waals surface area contributed by atoms with Crippen molar-refractivity contribution in [3.8, 4) is 28.0 Å². The molecule has 0 saturated carbocycles. The molecule has 2 heterocycles. The van der Waals surface area contributed by atoms with E-state index < -0.39 is 0 Å². The summed E-state index contributed by atoms with van der Waals surface area (Å²) in [6.07, 6.45) is 5.83. The van der Waals surface area contributed by atoms with E-state index in [1.807, 2.05) is 48.5 Å². The van der Waals surface area contributed by atoms with Crippen molar-refractivity contribution >= 4 is 0 Å². The average molecular weight is 338 g/mol. The first-order chi connectivity index (χ1) is 12.8. The Morgan fingerprint density at radius 1 is 0.731 bits per heavy atom. The van der Waals surface area contributed by atoms with Crippen molar-refractivity contribution < 1.29 is 5.11 Å². The van der Waals surface area contributed by atoms with Gasteiger partial charge in [-0.25, -0.2) is 0 Å². The van der Waals surface area contributed by atoms with E-state index in [9.17, 15) is 5.11 Å². The number of pyridine rings is 2. The minimum absolute atomic E-state index is 0.224. The van der Waals surface area contributed by atoms with Gasteiger partial charge in [0.2, 0.25) is 0 Å². The molecule has 1 N–H and O–H groups in total. The molecule has 4 rings (SSSR count). The third kappa shape index (κ3) is 3.33. The van der Waals surface area contributed by atoms with Crippen molar-refractivity contribution in [2.75, 3.05) is 0 Å². The monoisotopic (exact) mass is 338 g/mol. The van der Waals surface area contributed by atoms with Crippen LogP contribution in [0.15, 0.2) is 91.4 Å². The zero-order valence-electron chi connectivity index (χ0n) is 14.2. The summed E-state index contributed by atoms with van der Waals surface area (Å²) in [7, 11) is 0. The Labute approximate surface area is 152 Å². The highest BCUT2D eigenvalue weighted by molar-refractivity contribution is 5.76. The van der Waals surface area contributed by atoms with E-state index in [2.05, 4.69) is 34.2 Å². The van der Waals surface area contributed by atoms with Crippen molar-refractivity contribution in [1.29, 1.82) is 0 Å². The molecular weight excluding hydrogens is 320 g/mol. The van der Waals surface area contributed by atoms with Crippen LogP contribution in [0.3, 0.4) is 0 Å². The molecule has 4 aromatic rings. The first-order valence-electron chi connectivity index (χ1n) is 8.53. The van der Waals surface area contributed by atoms with Gasteiger partial charge in [0.05, 0.1) is 5.69 Å². The number of aromatic hydroxyl groups is 1. The number of benzene rings is 2. The number of nitrogens with zero attached hydrogens (tertiary/aromatic N) is 2. The third-order valence-corrected chi connectivity index (χ3v) is 4.38. The highest BCUT2D eigenvalue weighted by Gasteiger charge is 2.12. The molecule has 2 aromatic heterocycles. The maximum atomic E-state index is 10.8. The first kappa shape index (κ1) is 16.0. The van der Waals surface area contributed by atoms with Crippen LogP contribution in [0, 0.1) is 0 Å². The Hall–Kier alpha value is -3.46. The van der Waals surface area contributed by atoms with Crippen molar-refractivity contribution in [1.82, 2.24) is 9.97 Å². The fourth-order valence-electron chi connectivity index (χ4n) is 3.05. The van der Waals surface area contributed by atoms with Gasteiger partial charge >= 0.3 is 0 Å². The Balaban J connectivity index is 1.71. The smallest absolute Gasteiger partial charge is 0.145 e. The predicted molar refractivity (Wildman–Crippen MR) is 104 cm³/mol. The average Bonchev–Trinajstić information content (AvgIpc) is 2.71. The normalized spacial score (nSPS) is 10.6. The summed E-state index contributed by atoms with van der Waals surface area (Å²) in [5.41, 5.74) is 5.70. The summed E-state index contributed by atoms with van der Waals surface area (Å²) in [6.45, 7) is 0. The standard InChI is InChI=1S/C23H18N2O/c26-23-21(11-13-25-22(23)14-17-6-5-12-24-16-17)20-10-4-9-19(15-20)18-7-2-1-3-8-18/h1-13,15-16,26H,14H2. The van der Waals surface area contributed by atoms with E-state index in [0.29, 0.717) is 12.1 Å². The van der Waals surface area contributed by atoms with Crippen molar-refractivity contribution in [2.24, 2.45) is 0 Å². The molecule has 0 amide bonds. The molecule has 3 nitrogen and oxygen atoms in total. The molecule has 3 heteroatoms. The quantitative estimate of drug-likeness (QED) is 0.562. The summed E-state index contributed by atoms with van der Waals surface area (Å²) in [6, 6.07) is 24.1. The molecule has 0 bridgehead atoms. The lowest BCUT2D eigenvalue weighted by atomic mass is 9.98. The fraction of sp³-hybridized carbons (Fsp3) is 0.0435. The van der Waals surface area contributed by atoms with Crippen LogP contribution in [0.4, 0.5) is 0 Å². The van der Waals surface area contributed by atoms with Gasteiger partial charge in [-0.3, -0.25) is 9.97 Å². The highest BCUT2D eigenvalue weighted by atomic mass is 16.3. The summed E-state index contributed by atoms with van der Waals surface area (Å²) >= 11 is 0. The van der Waals surface area contributed by atoms with Gasteiger partial charge in [-0.2, -0.15) is 0 Å². The molecule has 2 aromatic carbocycles. The lowest BCUT2D eigenvalue weighted by Gasteiger charge is -2.11. The lowest BCUT2D eigenvalue weighted by Crippen LogP contribution is -1.95. The van der Waals surface area contributed by atoms with Crippen LogP contribution >= 0.6 is 0 Å². The largest absolute Gasteiger partial charge is 0.505 e. The fourth-order valence-corrected chi connectivity index (χ4v) is 3.05. The van der Waals surface area contributed by atoms with Crippen LogP contribution in [0.25, 0.3) is 22.3 Å². The topological polar surface area (TPSA) is 46.0 Å². The second-order valence-electron chi connectivity index (χ2n) is 6.14. The Kier molecular flexibility index (Phi) is 4.44. The summed E-state index contributed by atoms with van der Waals surface area (Å²) in [4.78, 5) is 8.49. The molecule has 126 valence electrons. The van der Waals surface area contributed by atoms with Gasteiger partial charge in [0.1, 0.15) is 5.75 Å². The molecule has 0 aliphatic heterocycles. The molecule has 0 spiro atoms.